The Bertz CT molecular complexity index is 769. The Hall–Kier alpha value is -1.73. The number of hydrogen-bond donors (Lipinski definition) is 2. The van der Waals surface area contributed by atoms with Crippen LogP contribution in [0.4, 0.5) is 4.79 Å². The minimum atomic E-state index is -0.589. The third kappa shape index (κ3) is 10.8. The summed E-state index contributed by atoms with van der Waals surface area (Å²) in [5, 5.41) is 5.96. The number of nitrogens with one attached hydrogen (secondary N) is 2. The highest BCUT2D eigenvalue weighted by Crippen LogP contribution is 2.27. The van der Waals surface area contributed by atoms with Gasteiger partial charge in [-0.2, -0.15) is 11.8 Å². The van der Waals surface area contributed by atoms with Crippen LogP contribution in [0.1, 0.15) is 71.3 Å². The van der Waals surface area contributed by atoms with E-state index in [2.05, 4.69) is 45.9 Å². The van der Waals surface area contributed by atoms with E-state index < -0.39 is 17.7 Å². The molecule has 1 heterocycles. The second-order valence-corrected chi connectivity index (χ2v) is 12.3. The number of rotatable bonds is 10. The molecule has 35 heavy (non-hydrogen) atoms. The molecule has 0 bridgehead atoms. The van der Waals surface area contributed by atoms with Crippen LogP contribution in [0.15, 0.2) is 30.3 Å². The number of ether oxygens (including phenoxy) is 1. The summed E-state index contributed by atoms with van der Waals surface area (Å²) in [5.41, 5.74) is 0.759. The standard InChI is InChI=1S/C28H45N3O3S/c1-28(2,3)34-27(33)30-25(21-35-20-24-12-8-5-9-13-24)26(32)29-18-22-14-16-31(17-15-22)19-23-10-6-4-7-11-23/h4,6-7,10-11,22,24-25H,5,8-9,12-21H2,1-3H3,(H,29,32)(H,30,33)/t25-/m0/s1. The second kappa shape index (κ2) is 14.1. The number of nitrogens with zero attached hydrogens (tertiary/aromatic N) is 1. The number of piperidine rings is 1. The van der Waals surface area contributed by atoms with Crippen molar-refractivity contribution < 1.29 is 14.3 Å². The van der Waals surface area contributed by atoms with Crippen LogP contribution in [0.3, 0.4) is 0 Å². The van der Waals surface area contributed by atoms with Gasteiger partial charge in [0.05, 0.1) is 0 Å². The minimum Gasteiger partial charge on any atom is -0.444 e. The van der Waals surface area contributed by atoms with Gasteiger partial charge in [-0.1, -0.05) is 49.6 Å². The van der Waals surface area contributed by atoms with Gasteiger partial charge in [-0.05, 0) is 82.7 Å². The van der Waals surface area contributed by atoms with Crippen molar-refractivity contribution in [3.05, 3.63) is 35.9 Å². The molecule has 7 heteroatoms. The van der Waals surface area contributed by atoms with Crippen LogP contribution in [0.5, 0.6) is 0 Å². The molecule has 2 fully saturated rings. The molecular weight excluding hydrogens is 458 g/mol. The molecule has 3 rings (SSSR count). The molecule has 196 valence electrons. The first kappa shape index (κ1) is 27.9. The van der Waals surface area contributed by atoms with Crippen LogP contribution < -0.4 is 10.6 Å². The zero-order chi connectivity index (χ0) is 25.1. The molecule has 0 aromatic heterocycles. The van der Waals surface area contributed by atoms with Crippen molar-refractivity contribution in [1.29, 1.82) is 0 Å². The summed E-state index contributed by atoms with van der Waals surface area (Å²) in [5.74, 6) is 2.75. The van der Waals surface area contributed by atoms with Crippen LogP contribution in [0.2, 0.25) is 0 Å². The van der Waals surface area contributed by atoms with Crippen molar-refractivity contribution in [2.45, 2.75) is 83.9 Å². The van der Waals surface area contributed by atoms with Crippen molar-refractivity contribution >= 4 is 23.8 Å². The molecule has 1 aromatic carbocycles. The summed E-state index contributed by atoms with van der Waals surface area (Å²) < 4.78 is 5.42. The molecule has 1 aliphatic carbocycles. The number of carbonyl (C=O) groups excluding carboxylic acids is 2. The van der Waals surface area contributed by atoms with E-state index in [0.29, 0.717) is 18.2 Å². The Balaban J connectivity index is 1.43. The van der Waals surface area contributed by atoms with E-state index in [4.69, 9.17) is 4.74 Å². The lowest BCUT2D eigenvalue weighted by Crippen LogP contribution is -2.51. The second-order valence-electron chi connectivity index (χ2n) is 11.2. The van der Waals surface area contributed by atoms with Gasteiger partial charge in [0.1, 0.15) is 11.6 Å². The van der Waals surface area contributed by atoms with Gasteiger partial charge in [0.2, 0.25) is 5.91 Å². The van der Waals surface area contributed by atoms with E-state index in [1.54, 1.807) is 11.8 Å². The molecule has 1 saturated heterocycles. The maximum atomic E-state index is 13.1. The zero-order valence-electron chi connectivity index (χ0n) is 21.9. The molecule has 2 N–H and O–H groups in total. The average Bonchev–Trinajstić information content (AvgIpc) is 2.83. The Morgan fingerprint density at radius 1 is 1.03 bits per heavy atom. The summed E-state index contributed by atoms with van der Waals surface area (Å²) in [7, 11) is 0. The Kier molecular flexibility index (Phi) is 11.2. The number of alkyl carbamates (subject to hydrolysis) is 1. The van der Waals surface area contributed by atoms with Gasteiger partial charge in [0, 0.05) is 18.8 Å². The third-order valence-electron chi connectivity index (χ3n) is 6.89. The first-order chi connectivity index (χ1) is 16.8. The molecule has 6 nitrogen and oxygen atoms in total. The molecule has 1 saturated carbocycles. The molecule has 0 spiro atoms. The predicted molar refractivity (Wildman–Crippen MR) is 145 cm³/mol. The van der Waals surface area contributed by atoms with Crippen LogP contribution in [-0.4, -0.2) is 59.7 Å². The summed E-state index contributed by atoms with van der Waals surface area (Å²) >= 11 is 1.78. The van der Waals surface area contributed by atoms with Crippen molar-refractivity contribution in [2.75, 3.05) is 31.1 Å². The molecule has 1 aliphatic heterocycles. The molecular formula is C28H45N3O3S. The minimum absolute atomic E-state index is 0.0984. The smallest absolute Gasteiger partial charge is 0.408 e. The van der Waals surface area contributed by atoms with Gasteiger partial charge in [0.15, 0.2) is 0 Å². The number of hydrogen-bond acceptors (Lipinski definition) is 5. The number of amides is 2. The molecule has 0 radical (unpaired) electrons. The fraction of sp³-hybridized carbons (Fsp3) is 0.714. The lowest BCUT2D eigenvalue weighted by Gasteiger charge is -2.32. The SMILES string of the molecule is CC(C)(C)OC(=O)N[C@@H](CSCC1CCCCC1)C(=O)NCC1CCN(Cc2ccccc2)CC1. The van der Waals surface area contributed by atoms with E-state index >= 15 is 0 Å². The maximum absolute atomic E-state index is 13.1. The van der Waals surface area contributed by atoms with Gasteiger partial charge < -0.3 is 15.4 Å². The van der Waals surface area contributed by atoms with E-state index in [-0.39, 0.29) is 5.91 Å². The summed E-state index contributed by atoms with van der Waals surface area (Å²) in [4.78, 5) is 28.0. The van der Waals surface area contributed by atoms with Crippen LogP contribution >= 0.6 is 11.8 Å². The van der Waals surface area contributed by atoms with E-state index in [0.717, 1.165) is 44.1 Å². The average molecular weight is 504 g/mol. The first-order valence-corrected chi connectivity index (χ1v) is 14.6. The van der Waals surface area contributed by atoms with Crippen molar-refractivity contribution in [3.8, 4) is 0 Å². The largest absolute Gasteiger partial charge is 0.444 e. The van der Waals surface area contributed by atoms with Gasteiger partial charge >= 0.3 is 6.09 Å². The summed E-state index contributed by atoms with van der Waals surface area (Å²) in [6, 6.07) is 10.0. The Labute approximate surface area is 216 Å². The highest BCUT2D eigenvalue weighted by atomic mass is 32.2. The van der Waals surface area contributed by atoms with Crippen LogP contribution in [0.25, 0.3) is 0 Å². The number of carbonyl (C=O) groups is 2. The van der Waals surface area contributed by atoms with Crippen molar-refractivity contribution in [1.82, 2.24) is 15.5 Å². The summed E-state index contributed by atoms with van der Waals surface area (Å²) in [6.07, 6.45) is 8.17. The van der Waals surface area contributed by atoms with Crippen molar-refractivity contribution in [3.63, 3.8) is 0 Å². The molecule has 2 amide bonds. The fourth-order valence-electron chi connectivity index (χ4n) is 4.90. The molecule has 2 aliphatic rings. The van der Waals surface area contributed by atoms with E-state index in [1.807, 2.05) is 20.8 Å². The van der Waals surface area contributed by atoms with E-state index in [1.165, 1.54) is 37.7 Å². The van der Waals surface area contributed by atoms with E-state index in [9.17, 15) is 9.59 Å². The molecule has 1 aromatic rings. The first-order valence-electron chi connectivity index (χ1n) is 13.4. The predicted octanol–water partition coefficient (Wildman–Crippen LogP) is 5.22. The Morgan fingerprint density at radius 2 is 1.71 bits per heavy atom. The highest BCUT2D eigenvalue weighted by molar-refractivity contribution is 7.99. The zero-order valence-corrected chi connectivity index (χ0v) is 22.7. The molecule has 0 unspecified atom stereocenters. The fourth-order valence-corrected chi connectivity index (χ4v) is 6.17. The van der Waals surface area contributed by atoms with Gasteiger partial charge in [0.25, 0.3) is 0 Å². The van der Waals surface area contributed by atoms with Crippen LogP contribution in [0, 0.1) is 11.8 Å². The number of likely N-dealkylation sites (tertiary alicyclic amines) is 1. The maximum Gasteiger partial charge on any atom is 0.408 e. The quantitative estimate of drug-likeness (QED) is 0.458. The van der Waals surface area contributed by atoms with Gasteiger partial charge in [-0.25, -0.2) is 4.79 Å². The lowest BCUT2D eigenvalue weighted by atomic mass is 9.91. The Morgan fingerprint density at radius 3 is 2.37 bits per heavy atom. The van der Waals surface area contributed by atoms with Crippen LogP contribution in [-0.2, 0) is 16.1 Å². The summed E-state index contributed by atoms with van der Waals surface area (Å²) in [6.45, 7) is 9.26. The van der Waals surface area contributed by atoms with Gasteiger partial charge in [-0.15, -0.1) is 0 Å². The van der Waals surface area contributed by atoms with Gasteiger partial charge in [-0.3, -0.25) is 9.69 Å². The lowest BCUT2D eigenvalue weighted by molar-refractivity contribution is -0.122. The monoisotopic (exact) mass is 503 g/mol. The third-order valence-corrected chi connectivity index (χ3v) is 8.17. The highest BCUT2D eigenvalue weighted by Gasteiger charge is 2.26. The molecule has 1 atom stereocenters. The number of benzene rings is 1. The topological polar surface area (TPSA) is 70.7 Å². The van der Waals surface area contributed by atoms with Crippen molar-refractivity contribution in [2.24, 2.45) is 11.8 Å². The number of thioether (sulfide) groups is 1. The normalized spacial score (nSPS) is 19.2.